The molecule has 0 aliphatic heterocycles. The van der Waals surface area contributed by atoms with Crippen molar-refractivity contribution in [3.63, 3.8) is 0 Å². The Kier molecular flexibility index (Phi) is 3.48. The highest BCUT2D eigenvalue weighted by molar-refractivity contribution is 5.70. The van der Waals surface area contributed by atoms with Crippen LogP contribution in [0.3, 0.4) is 0 Å². The standard InChI is InChI=1S/2C6H7N5O/c2*1-11-2-8-3-4(11)9-6(7)10-5(3)12/h2*2H,1H3,(H3,7,9,10,12). The van der Waals surface area contributed by atoms with E-state index in [0.717, 1.165) is 0 Å². The molecule has 0 spiro atoms. The molecule has 124 valence electrons. The van der Waals surface area contributed by atoms with Crippen LogP contribution < -0.4 is 22.6 Å². The molecule has 0 aliphatic rings. The number of fused-ring (bicyclic) bond motifs is 2. The Bertz CT molecular complexity index is 1060. The summed E-state index contributed by atoms with van der Waals surface area (Å²) in [4.78, 5) is 42.6. The monoisotopic (exact) mass is 330 g/mol. The van der Waals surface area contributed by atoms with Crippen molar-refractivity contribution in [2.45, 2.75) is 0 Å². The van der Waals surface area contributed by atoms with Gasteiger partial charge in [0.25, 0.3) is 11.1 Å². The van der Waals surface area contributed by atoms with Gasteiger partial charge in [0.2, 0.25) is 11.9 Å². The predicted molar refractivity (Wildman–Crippen MR) is 87.1 cm³/mol. The highest BCUT2D eigenvalue weighted by Crippen LogP contribution is 2.03. The zero-order valence-electron chi connectivity index (χ0n) is 12.8. The molecule has 24 heavy (non-hydrogen) atoms. The normalized spacial score (nSPS) is 10.8. The number of imidazole rings is 2. The Balaban J connectivity index is 0.000000141. The number of aryl methyl sites for hydroxylation is 2. The number of nitrogens with one attached hydrogen (secondary N) is 2. The zero-order chi connectivity index (χ0) is 17.4. The lowest BCUT2D eigenvalue weighted by atomic mass is 10.5. The van der Waals surface area contributed by atoms with Crippen LogP contribution in [-0.2, 0) is 14.1 Å². The number of H-pyrrole nitrogens is 2. The number of nitrogen functional groups attached to an aromatic ring is 2. The highest BCUT2D eigenvalue weighted by Gasteiger charge is 2.06. The van der Waals surface area contributed by atoms with E-state index in [0.29, 0.717) is 22.3 Å². The summed E-state index contributed by atoms with van der Waals surface area (Å²) in [6.07, 6.45) is 3.04. The van der Waals surface area contributed by atoms with Crippen LogP contribution >= 0.6 is 0 Å². The second-order valence-corrected chi connectivity index (χ2v) is 4.96. The quantitative estimate of drug-likeness (QED) is 0.300. The minimum absolute atomic E-state index is 0.108. The third-order valence-electron chi connectivity index (χ3n) is 3.18. The molecular formula is C12H14N10O2. The fourth-order valence-corrected chi connectivity index (χ4v) is 2.07. The molecule has 0 amide bonds. The lowest BCUT2D eigenvalue weighted by Crippen LogP contribution is -2.11. The van der Waals surface area contributed by atoms with Crippen LogP contribution in [0.1, 0.15) is 0 Å². The first-order valence-electron chi connectivity index (χ1n) is 6.70. The molecule has 0 aliphatic carbocycles. The zero-order valence-corrected chi connectivity index (χ0v) is 12.8. The Morgan fingerprint density at radius 2 is 1.21 bits per heavy atom. The molecular weight excluding hydrogens is 316 g/mol. The van der Waals surface area contributed by atoms with Gasteiger partial charge >= 0.3 is 0 Å². The number of hydrogen-bond acceptors (Lipinski definition) is 8. The second kappa shape index (κ2) is 5.49. The van der Waals surface area contributed by atoms with Crippen molar-refractivity contribution < 1.29 is 0 Å². The number of nitrogens with zero attached hydrogens (tertiary/aromatic N) is 6. The number of aromatic amines is 2. The van der Waals surface area contributed by atoms with E-state index in [1.807, 2.05) is 0 Å². The molecule has 4 aromatic rings. The van der Waals surface area contributed by atoms with Crippen molar-refractivity contribution in [3.05, 3.63) is 33.4 Å². The van der Waals surface area contributed by atoms with Gasteiger partial charge in [-0.3, -0.25) is 19.6 Å². The predicted octanol–water partition coefficient (Wildman–Crippen LogP) is -1.52. The molecule has 4 aromatic heterocycles. The molecule has 0 aromatic carbocycles. The number of rotatable bonds is 0. The summed E-state index contributed by atoms with van der Waals surface area (Å²) in [5, 5.41) is 0. The van der Waals surface area contributed by atoms with Crippen molar-refractivity contribution in [2.75, 3.05) is 11.5 Å². The molecule has 0 radical (unpaired) electrons. The first-order valence-corrected chi connectivity index (χ1v) is 6.70. The molecule has 4 heterocycles. The number of aromatic nitrogens is 8. The Labute approximate surface area is 133 Å². The van der Waals surface area contributed by atoms with Crippen molar-refractivity contribution in [1.82, 2.24) is 39.0 Å². The van der Waals surface area contributed by atoms with Gasteiger partial charge in [0.05, 0.1) is 12.7 Å². The fraction of sp³-hybridized carbons (Fsp3) is 0.167. The van der Waals surface area contributed by atoms with Gasteiger partial charge in [0.15, 0.2) is 22.3 Å². The number of nitrogens with two attached hydrogens (primary N) is 2. The average Bonchev–Trinajstić information content (AvgIpc) is 3.05. The topological polar surface area (TPSA) is 179 Å². The Morgan fingerprint density at radius 3 is 1.58 bits per heavy atom. The smallest absolute Gasteiger partial charge is 0.280 e. The maximum atomic E-state index is 11.2. The van der Waals surface area contributed by atoms with Crippen molar-refractivity contribution in [3.8, 4) is 0 Å². The molecule has 0 saturated heterocycles. The van der Waals surface area contributed by atoms with E-state index in [9.17, 15) is 9.59 Å². The van der Waals surface area contributed by atoms with Gasteiger partial charge in [-0.05, 0) is 0 Å². The SMILES string of the molecule is Cn1cnc2c(=O)[nH]c(N)nc21.Cn1cnc2c(=O)[nH]c(N)nc21. The van der Waals surface area contributed by atoms with Gasteiger partial charge in [-0.2, -0.15) is 9.97 Å². The summed E-state index contributed by atoms with van der Waals surface area (Å²) in [6, 6.07) is 0. The molecule has 0 atom stereocenters. The summed E-state index contributed by atoms with van der Waals surface area (Å²) in [7, 11) is 3.50. The van der Waals surface area contributed by atoms with Gasteiger partial charge < -0.3 is 20.6 Å². The van der Waals surface area contributed by atoms with Gasteiger partial charge in [0.1, 0.15) is 0 Å². The Morgan fingerprint density at radius 1 is 0.833 bits per heavy atom. The molecule has 0 saturated carbocycles. The van der Waals surface area contributed by atoms with Crippen LogP contribution in [0.15, 0.2) is 22.2 Å². The van der Waals surface area contributed by atoms with Crippen molar-refractivity contribution in [1.29, 1.82) is 0 Å². The van der Waals surface area contributed by atoms with E-state index >= 15 is 0 Å². The molecule has 4 rings (SSSR count). The fourth-order valence-electron chi connectivity index (χ4n) is 2.07. The van der Waals surface area contributed by atoms with Gasteiger partial charge in [-0.1, -0.05) is 0 Å². The van der Waals surface area contributed by atoms with Gasteiger partial charge in [-0.15, -0.1) is 0 Å². The molecule has 12 heteroatoms. The molecule has 0 bridgehead atoms. The van der Waals surface area contributed by atoms with Gasteiger partial charge in [-0.25, -0.2) is 9.97 Å². The third kappa shape index (κ3) is 2.55. The van der Waals surface area contributed by atoms with Crippen LogP contribution in [0.2, 0.25) is 0 Å². The molecule has 6 N–H and O–H groups in total. The van der Waals surface area contributed by atoms with Crippen molar-refractivity contribution in [2.24, 2.45) is 14.1 Å². The van der Waals surface area contributed by atoms with Crippen molar-refractivity contribution >= 4 is 34.2 Å². The number of anilines is 2. The molecule has 12 nitrogen and oxygen atoms in total. The summed E-state index contributed by atoms with van der Waals surface area (Å²) < 4.78 is 3.28. The molecule has 0 fully saturated rings. The van der Waals surface area contributed by atoms with E-state index in [1.165, 1.54) is 12.7 Å². The summed E-state index contributed by atoms with van der Waals surface area (Å²) >= 11 is 0. The van der Waals surface area contributed by atoms with Crippen LogP contribution in [0.25, 0.3) is 22.3 Å². The lowest BCUT2D eigenvalue weighted by molar-refractivity contribution is 0.929. The van der Waals surface area contributed by atoms with Gasteiger partial charge in [0, 0.05) is 14.1 Å². The maximum absolute atomic E-state index is 11.2. The van der Waals surface area contributed by atoms with E-state index < -0.39 is 0 Å². The van der Waals surface area contributed by atoms with E-state index in [4.69, 9.17) is 11.5 Å². The highest BCUT2D eigenvalue weighted by atomic mass is 16.1. The lowest BCUT2D eigenvalue weighted by Gasteiger charge is -1.93. The van der Waals surface area contributed by atoms with E-state index in [2.05, 4.69) is 29.9 Å². The summed E-state index contributed by atoms with van der Waals surface area (Å²) in [5.41, 5.74) is 11.7. The first-order chi connectivity index (χ1) is 11.4. The van der Waals surface area contributed by atoms with Crippen LogP contribution in [0.4, 0.5) is 11.9 Å². The maximum Gasteiger partial charge on any atom is 0.280 e. The van der Waals surface area contributed by atoms with Crippen LogP contribution in [-0.4, -0.2) is 39.0 Å². The van der Waals surface area contributed by atoms with Crippen LogP contribution in [0, 0.1) is 0 Å². The minimum Gasteiger partial charge on any atom is -0.369 e. The second-order valence-electron chi connectivity index (χ2n) is 4.96. The third-order valence-corrected chi connectivity index (χ3v) is 3.18. The molecule has 0 unspecified atom stereocenters. The largest absolute Gasteiger partial charge is 0.369 e. The van der Waals surface area contributed by atoms with E-state index in [-0.39, 0.29) is 23.0 Å². The minimum atomic E-state index is -0.307. The van der Waals surface area contributed by atoms with Crippen LogP contribution in [0.5, 0.6) is 0 Å². The summed E-state index contributed by atoms with van der Waals surface area (Å²) in [5.74, 6) is 0.215. The summed E-state index contributed by atoms with van der Waals surface area (Å²) in [6.45, 7) is 0. The Hall–Kier alpha value is -3.70. The first kappa shape index (κ1) is 15.2. The van der Waals surface area contributed by atoms with E-state index in [1.54, 1.807) is 23.2 Å². The number of hydrogen-bond donors (Lipinski definition) is 4. The average molecular weight is 330 g/mol.